The van der Waals surface area contributed by atoms with Crippen molar-refractivity contribution in [2.75, 3.05) is 6.61 Å². The minimum absolute atomic E-state index is 0.00324. The van der Waals surface area contributed by atoms with Crippen molar-refractivity contribution in [2.45, 2.75) is 44.8 Å². The molecule has 5 nitrogen and oxygen atoms in total. The van der Waals surface area contributed by atoms with Gasteiger partial charge in [0.25, 0.3) is 0 Å². The number of nitrogens with zero attached hydrogens (tertiary/aromatic N) is 1. The molecule has 5 heteroatoms. The molecule has 1 heterocycles. The van der Waals surface area contributed by atoms with Crippen molar-refractivity contribution in [1.82, 2.24) is 10.3 Å². The van der Waals surface area contributed by atoms with Crippen molar-refractivity contribution in [3.8, 4) is 5.75 Å². The first-order valence-corrected chi connectivity index (χ1v) is 9.23. The van der Waals surface area contributed by atoms with E-state index in [1.165, 1.54) is 0 Å². The Labute approximate surface area is 154 Å². The molecule has 26 heavy (non-hydrogen) atoms. The Balaban J connectivity index is 1.59. The maximum Gasteiger partial charge on any atom is 0.224 e. The van der Waals surface area contributed by atoms with Crippen LogP contribution in [-0.4, -0.2) is 34.8 Å². The summed E-state index contributed by atoms with van der Waals surface area (Å²) < 4.78 is 5.43. The minimum atomic E-state index is -0.241. The first-order valence-electron chi connectivity index (χ1n) is 9.23. The van der Waals surface area contributed by atoms with E-state index >= 15 is 0 Å². The summed E-state index contributed by atoms with van der Waals surface area (Å²) in [5.74, 6) is 1.11. The van der Waals surface area contributed by atoms with Gasteiger partial charge in [-0.2, -0.15) is 0 Å². The van der Waals surface area contributed by atoms with Crippen molar-refractivity contribution in [2.24, 2.45) is 5.92 Å². The van der Waals surface area contributed by atoms with Crippen molar-refractivity contribution in [1.29, 1.82) is 0 Å². The Hall–Kier alpha value is -2.40. The average molecular weight is 354 g/mol. The van der Waals surface area contributed by atoms with Crippen LogP contribution in [0.1, 0.15) is 31.0 Å². The van der Waals surface area contributed by atoms with E-state index in [4.69, 9.17) is 4.74 Å². The van der Waals surface area contributed by atoms with Crippen molar-refractivity contribution in [3.63, 3.8) is 0 Å². The van der Waals surface area contributed by atoms with Crippen molar-refractivity contribution < 1.29 is 14.6 Å². The fraction of sp³-hybridized carbons (Fsp3) is 0.429. The molecule has 1 aromatic heterocycles. The number of benzene rings is 1. The SMILES string of the molecule is CCOc1ccc(CC(=O)N[C@@H](Cc2ccccn2)C2CC(O)C2)cc1. The molecule has 1 aromatic carbocycles. The van der Waals surface area contributed by atoms with Crippen LogP contribution in [0.3, 0.4) is 0 Å². The number of carbonyl (C=O) groups is 1. The number of pyridine rings is 1. The molecule has 1 fully saturated rings. The maximum absolute atomic E-state index is 12.5. The lowest BCUT2D eigenvalue weighted by Crippen LogP contribution is -2.48. The van der Waals surface area contributed by atoms with Gasteiger partial charge in [-0.3, -0.25) is 9.78 Å². The summed E-state index contributed by atoms with van der Waals surface area (Å²) in [5, 5.41) is 12.8. The number of aliphatic hydroxyl groups excluding tert-OH is 1. The second kappa shape index (κ2) is 8.81. The summed E-state index contributed by atoms with van der Waals surface area (Å²) >= 11 is 0. The summed E-state index contributed by atoms with van der Waals surface area (Å²) in [6.45, 7) is 2.57. The van der Waals surface area contributed by atoms with Crippen molar-refractivity contribution >= 4 is 5.91 Å². The molecule has 1 aliphatic carbocycles. The van der Waals surface area contributed by atoms with E-state index in [9.17, 15) is 9.90 Å². The standard InChI is InChI=1S/C21H26N2O3/c1-2-26-19-8-6-15(7-9-19)11-21(25)23-20(16-12-18(24)13-16)14-17-5-3-4-10-22-17/h3-10,16,18,20,24H,2,11-14H2,1H3,(H,23,25)/t16?,18?,20-/m0/s1. The predicted octanol–water partition coefficient (Wildman–Crippen LogP) is 2.52. The fourth-order valence-electron chi connectivity index (χ4n) is 3.35. The molecule has 0 aliphatic heterocycles. The smallest absolute Gasteiger partial charge is 0.224 e. The second-order valence-electron chi connectivity index (χ2n) is 6.84. The highest BCUT2D eigenvalue weighted by Crippen LogP contribution is 2.31. The Bertz CT molecular complexity index is 697. The second-order valence-corrected chi connectivity index (χ2v) is 6.84. The van der Waals surface area contributed by atoms with E-state index in [1.807, 2.05) is 49.4 Å². The molecule has 2 N–H and O–H groups in total. The zero-order valence-corrected chi connectivity index (χ0v) is 15.1. The fourth-order valence-corrected chi connectivity index (χ4v) is 3.35. The van der Waals surface area contributed by atoms with Gasteiger partial charge in [0, 0.05) is 24.4 Å². The molecule has 138 valence electrons. The molecule has 0 bridgehead atoms. The van der Waals surface area contributed by atoms with Gasteiger partial charge in [-0.25, -0.2) is 0 Å². The molecule has 0 saturated heterocycles. The quantitative estimate of drug-likeness (QED) is 0.764. The highest BCUT2D eigenvalue weighted by molar-refractivity contribution is 5.79. The number of ether oxygens (including phenoxy) is 1. The molecule has 0 radical (unpaired) electrons. The number of hydrogen-bond acceptors (Lipinski definition) is 4. The minimum Gasteiger partial charge on any atom is -0.494 e. The van der Waals surface area contributed by atoms with E-state index in [0.29, 0.717) is 25.4 Å². The van der Waals surface area contributed by atoms with Gasteiger partial charge in [0.1, 0.15) is 5.75 Å². The predicted molar refractivity (Wildman–Crippen MR) is 99.9 cm³/mol. The molecule has 0 spiro atoms. The van der Waals surface area contributed by atoms with Crippen LogP contribution >= 0.6 is 0 Å². The molecule has 1 aliphatic rings. The largest absolute Gasteiger partial charge is 0.494 e. The van der Waals surface area contributed by atoms with E-state index in [0.717, 1.165) is 29.8 Å². The number of rotatable bonds is 8. The Morgan fingerprint density at radius 3 is 2.65 bits per heavy atom. The zero-order valence-electron chi connectivity index (χ0n) is 15.1. The summed E-state index contributed by atoms with van der Waals surface area (Å²) in [6, 6.07) is 13.4. The van der Waals surface area contributed by atoms with Crippen LogP contribution in [0.4, 0.5) is 0 Å². The van der Waals surface area contributed by atoms with Gasteiger partial charge in [0.15, 0.2) is 0 Å². The molecule has 1 atom stereocenters. The van der Waals surface area contributed by atoms with E-state index in [1.54, 1.807) is 6.20 Å². The van der Waals surface area contributed by atoms with Gasteiger partial charge in [-0.1, -0.05) is 18.2 Å². The van der Waals surface area contributed by atoms with E-state index in [-0.39, 0.29) is 18.1 Å². The Morgan fingerprint density at radius 2 is 2.04 bits per heavy atom. The van der Waals surface area contributed by atoms with Gasteiger partial charge in [-0.15, -0.1) is 0 Å². The molecule has 2 aromatic rings. The lowest BCUT2D eigenvalue weighted by Gasteiger charge is -2.38. The van der Waals surface area contributed by atoms with E-state index in [2.05, 4.69) is 10.3 Å². The molecular formula is C21H26N2O3. The van der Waals surface area contributed by atoms with Gasteiger partial charge >= 0.3 is 0 Å². The monoisotopic (exact) mass is 354 g/mol. The van der Waals surface area contributed by atoms with Gasteiger partial charge in [-0.05, 0) is 55.5 Å². The highest BCUT2D eigenvalue weighted by Gasteiger charge is 2.34. The summed E-state index contributed by atoms with van der Waals surface area (Å²) in [5.41, 5.74) is 1.91. The average Bonchev–Trinajstić information content (AvgIpc) is 2.61. The van der Waals surface area contributed by atoms with Gasteiger partial charge in [0.05, 0.1) is 19.1 Å². The third kappa shape index (κ3) is 5.05. The summed E-state index contributed by atoms with van der Waals surface area (Å²) in [7, 11) is 0. The molecular weight excluding hydrogens is 328 g/mol. The van der Waals surface area contributed by atoms with Crippen LogP contribution in [0, 0.1) is 5.92 Å². The van der Waals surface area contributed by atoms with Crippen LogP contribution in [0.25, 0.3) is 0 Å². The number of carbonyl (C=O) groups excluding carboxylic acids is 1. The van der Waals surface area contributed by atoms with E-state index < -0.39 is 0 Å². The normalized spacial score (nSPS) is 20.1. The molecule has 3 rings (SSSR count). The first-order chi connectivity index (χ1) is 12.6. The highest BCUT2D eigenvalue weighted by atomic mass is 16.5. The number of nitrogens with one attached hydrogen (secondary N) is 1. The molecule has 0 unspecified atom stereocenters. The Morgan fingerprint density at radius 1 is 1.27 bits per heavy atom. The van der Waals surface area contributed by atoms with Crippen LogP contribution in [0.15, 0.2) is 48.7 Å². The first kappa shape index (κ1) is 18.4. The van der Waals surface area contributed by atoms with Gasteiger partial charge < -0.3 is 15.2 Å². The molecule has 1 amide bonds. The zero-order chi connectivity index (χ0) is 18.4. The third-order valence-electron chi connectivity index (χ3n) is 4.82. The summed E-state index contributed by atoms with van der Waals surface area (Å²) in [4.78, 5) is 16.9. The van der Waals surface area contributed by atoms with Crippen LogP contribution in [0.5, 0.6) is 5.75 Å². The number of aromatic nitrogens is 1. The summed E-state index contributed by atoms with van der Waals surface area (Å²) in [6.07, 6.45) is 4.02. The topological polar surface area (TPSA) is 71.5 Å². The number of amides is 1. The van der Waals surface area contributed by atoms with Gasteiger partial charge in [0.2, 0.25) is 5.91 Å². The van der Waals surface area contributed by atoms with Crippen molar-refractivity contribution in [3.05, 3.63) is 59.9 Å². The third-order valence-corrected chi connectivity index (χ3v) is 4.82. The number of hydrogen-bond donors (Lipinski definition) is 2. The number of aliphatic hydroxyl groups is 1. The maximum atomic E-state index is 12.5. The van der Waals surface area contributed by atoms with Crippen LogP contribution in [-0.2, 0) is 17.6 Å². The van der Waals surface area contributed by atoms with Crippen LogP contribution < -0.4 is 10.1 Å². The lowest BCUT2D eigenvalue weighted by atomic mass is 9.76. The Kier molecular flexibility index (Phi) is 6.23. The van der Waals surface area contributed by atoms with Crippen LogP contribution in [0.2, 0.25) is 0 Å². The lowest BCUT2D eigenvalue weighted by molar-refractivity contribution is -0.122. The molecule has 1 saturated carbocycles.